The van der Waals surface area contributed by atoms with Crippen molar-refractivity contribution in [3.63, 3.8) is 0 Å². The van der Waals surface area contributed by atoms with Crippen LogP contribution in [0.2, 0.25) is 0 Å². The van der Waals surface area contributed by atoms with Crippen LogP contribution in [0.5, 0.6) is 0 Å². The second-order valence-corrected chi connectivity index (χ2v) is 5.28. The van der Waals surface area contributed by atoms with E-state index >= 15 is 0 Å². The molecule has 0 aromatic heterocycles. The second-order valence-electron chi connectivity index (χ2n) is 3.18. The van der Waals surface area contributed by atoms with Gasteiger partial charge in [-0.3, -0.25) is 4.79 Å². The van der Waals surface area contributed by atoms with Gasteiger partial charge in [-0.25, -0.2) is 0 Å². The number of benzene rings is 1. The predicted molar refractivity (Wildman–Crippen MR) is 70.6 cm³/mol. The maximum atomic E-state index is 11.7. The van der Waals surface area contributed by atoms with Gasteiger partial charge in [-0.05, 0) is 47.7 Å². The van der Waals surface area contributed by atoms with Gasteiger partial charge in [-0.15, -0.1) is 0 Å². The van der Waals surface area contributed by atoms with Crippen LogP contribution in [0.15, 0.2) is 34.8 Å². The highest BCUT2D eigenvalue weighted by Crippen LogP contribution is 2.21. The molecular weight excluding hydrogens is 355 g/mol. The van der Waals surface area contributed by atoms with Crippen molar-refractivity contribution >= 4 is 44.3 Å². The molecule has 0 saturated carbocycles. The lowest BCUT2D eigenvalue weighted by Gasteiger charge is -2.03. The third-order valence-corrected chi connectivity index (χ3v) is 3.05. The summed E-state index contributed by atoms with van der Waals surface area (Å²) in [5.74, 6) is 0.114. The van der Waals surface area contributed by atoms with Crippen LogP contribution >= 0.6 is 38.5 Å². The molecular formula is C11H10BrIO. The minimum atomic E-state index is 0.114. The number of Topliss-reactive ketones (excluding diaryl/α,β-unsaturated/α-hetero) is 1. The van der Waals surface area contributed by atoms with Crippen molar-refractivity contribution in [1.82, 2.24) is 0 Å². The van der Waals surface area contributed by atoms with Crippen molar-refractivity contribution in [1.29, 1.82) is 0 Å². The molecule has 0 heterocycles. The van der Waals surface area contributed by atoms with Crippen LogP contribution in [0.25, 0.3) is 0 Å². The number of ketones is 1. The molecule has 0 saturated heterocycles. The van der Waals surface area contributed by atoms with E-state index < -0.39 is 0 Å². The molecule has 3 heteroatoms. The molecule has 0 aliphatic carbocycles. The molecule has 74 valence electrons. The summed E-state index contributed by atoms with van der Waals surface area (Å²) in [6.07, 6.45) is 0.415. The quantitative estimate of drug-likeness (QED) is 0.446. The molecule has 14 heavy (non-hydrogen) atoms. The highest BCUT2D eigenvalue weighted by molar-refractivity contribution is 14.1. The third kappa shape index (κ3) is 3.20. The van der Waals surface area contributed by atoms with E-state index in [1.807, 2.05) is 25.1 Å². The van der Waals surface area contributed by atoms with Gasteiger partial charge in [0, 0.05) is 20.0 Å². The highest BCUT2D eigenvalue weighted by atomic mass is 127. The highest BCUT2D eigenvalue weighted by Gasteiger charge is 2.10. The van der Waals surface area contributed by atoms with Crippen LogP contribution in [0.1, 0.15) is 23.7 Å². The van der Waals surface area contributed by atoms with Gasteiger partial charge < -0.3 is 0 Å². The van der Waals surface area contributed by atoms with Crippen molar-refractivity contribution < 1.29 is 4.79 Å². The summed E-state index contributed by atoms with van der Waals surface area (Å²) in [6, 6.07) is 5.74. The monoisotopic (exact) mass is 364 g/mol. The molecule has 0 aliphatic heterocycles. The lowest BCUT2D eigenvalue weighted by atomic mass is 10.1. The van der Waals surface area contributed by atoms with Crippen LogP contribution < -0.4 is 0 Å². The molecule has 1 aromatic carbocycles. The molecule has 1 nitrogen and oxygen atoms in total. The molecule has 0 amide bonds. The molecule has 0 bridgehead atoms. The van der Waals surface area contributed by atoms with Crippen LogP contribution in [-0.2, 0) is 0 Å². The third-order valence-electron chi connectivity index (χ3n) is 1.69. The number of carbonyl (C=O) groups excluding carboxylic acids is 1. The van der Waals surface area contributed by atoms with E-state index in [9.17, 15) is 4.79 Å². The van der Waals surface area contributed by atoms with Gasteiger partial charge in [-0.1, -0.05) is 28.1 Å². The van der Waals surface area contributed by atoms with Gasteiger partial charge in [0.25, 0.3) is 0 Å². The van der Waals surface area contributed by atoms with E-state index in [1.165, 1.54) is 0 Å². The fourth-order valence-corrected chi connectivity index (χ4v) is 2.04. The smallest absolute Gasteiger partial charge is 0.168 e. The Morgan fingerprint density at radius 3 is 2.79 bits per heavy atom. The zero-order valence-corrected chi connectivity index (χ0v) is 11.6. The van der Waals surface area contributed by atoms with Gasteiger partial charge in [0.15, 0.2) is 5.78 Å². The summed E-state index contributed by atoms with van der Waals surface area (Å²) >= 11 is 5.56. The van der Waals surface area contributed by atoms with E-state index in [0.29, 0.717) is 6.42 Å². The standard InChI is InChI=1S/C11H10BrIO/c1-7(2)5-11(14)9-6-8(13)3-4-10(9)12/h3-4,6H,1,5H2,2H3. The van der Waals surface area contributed by atoms with Crippen LogP contribution in [0.4, 0.5) is 0 Å². The van der Waals surface area contributed by atoms with Gasteiger partial charge in [0.1, 0.15) is 0 Å². The minimum Gasteiger partial charge on any atom is -0.294 e. The molecule has 0 unspecified atom stereocenters. The zero-order valence-electron chi connectivity index (χ0n) is 7.81. The van der Waals surface area contributed by atoms with Crippen LogP contribution in [0.3, 0.4) is 0 Å². The molecule has 0 aliphatic rings. The number of rotatable bonds is 3. The number of halogens is 2. The Morgan fingerprint density at radius 2 is 2.21 bits per heavy atom. The van der Waals surface area contributed by atoms with E-state index in [0.717, 1.165) is 19.2 Å². The maximum absolute atomic E-state index is 11.7. The van der Waals surface area contributed by atoms with E-state index in [2.05, 4.69) is 45.1 Å². The second kappa shape index (κ2) is 5.07. The average molecular weight is 365 g/mol. The Labute approximate surface area is 106 Å². The first-order valence-corrected chi connectivity index (χ1v) is 6.00. The first-order valence-electron chi connectivity index (χ1n) is 4.13. The fourth-order valence-electron chi connectivity index (χ4n) is 1.08. The molecule has 0 N–H and O–H groups in total. The Balaban J connectivity index is 3.00. The summed E-state index contributed by atoms with van der Waals surface area (Å²) < 4.78 is 1.92. The molecule has 0 fully saturated rings. The Bertz CT molecular complexity index is 385. The Hall–Kier alpha value is -0.160. The molecule has 0 radical (unpaired) electrons. The van der Waals surface area contributed by atoms with Gasteiger partial charge in [-0.2, -0.15) is 0 Å². The van der Waals surface area contributed by atoms with Gasteiger partial charge in [0.2, 0.25) is 0 Å². The summed E-state index contributed by atoms with van der Waals surface area (Å²) in [7, 11) is 0. The zero-order chi connectivity index (χ0) is 10.7. The van der Waals surface area contributed by atoms with E-state index in [1.54, 1.807) is 0 Å². The van der Waals surface area contributed by atoms with Crippen LogP contribution in [-0.4, -0.2) is 5.78 Å². The lowest BCUT2D eigenvalue weighted by Crippen LogP contribution is -2.00. The number of allylic oxidation sites excluding steroid dienone is 1. The maximum Gasteiger partial charge on any atom is 0.168 e. The number of carbonyl (C=O) groups is 1. The van der Waals surface area contributed by atoms with Gasteiger partial charge >= 0.3 is 0 Å². The lowest BCUT2D eigenvalue weighted by molar-refractivity contribution is 0.0992. The number of hydrogen-bond acceptors (Lipinski definition) is 1. The minimum absolute atomic E-state index is 0.114. The van der Waals surface area contributed by atoms with E-state index in [4.69, 9.17) is 0 Å². The van der Waals surface area contributed by atoms with E-state index in [-0.39, 0.29) is 5.78 Å². The summed E-state index contributed by atoms with van der Waals surface area (Å²) in [5, 5.41) is 0. The summed E-state index contributed by atoms with van der Waals surface area (Å²) in [4.78, 5) is 11.7. The van der Waals surface area contributed by atoms with Crippen molar-refractivity contribution in [2.45, 2.75) is 13.3 Å². The van der Waals surface area contributed by atoms with Crippen molar-refractivity contribution in [3.8, 4) is 0 Å². The normalized spacial score (nSPS) is 9.93. The Morgan fingerprint density at radius 1 is 1.57 bits per heavy atom. The first-order chi connectivity index (χ1) is 6.50. The topological polar surface area (TPSA) is 17.1 Å². The molecule has 0 spiro atoms. The largest absolute Gasteiger partial charge is 0.294 e. The summed E-state index contributed by atoms with van der Waals surface area (Å²) in [6.45, 7) is 5.60. The fraction of sp³-hybridized carbons (Fsp3) is 0.182. The molecule has 0 atom stereocenters. The molecule has 1 rings (SSSR count). The predicted octanol–water partition coefficient (Wildman–Crippen LogP) is 4.20. The average Bonchev–Trinajstić information content (AvgIpc) is 2.08. The Kier molecular flexibility index (Phi) is 4.31. The van der Waals surface area contributed by atoms with Crippen molar-refractivity contribution in [3.05, 3.63) is 44.0 Å². The first kappa shape index (κ1) is 11.9. The number of hydrogen-bond donors (Lipinski definition) is 0. The molecule has 1 aromatic rings. The van der Waals surface area contributed by atoms with Crippen LogP contribution in [0, 0.1) is 3.57 Å². The van der Waals surface area contributed by atoms with Crippen molar-refractivity contribution in [2.75, 3.05) is 0 Å². The summed E-state index contributed by atoms with van der Waals surface area (Å²) in [5.41, 5.74) is 1.63. The van der Waals surface area contributed by atoms with Gasteiger partial charge in [0.05, 0.1) is 0 Å². The van der Waals surface area contributed by atoms with Crippen molar-refractivity contribution in [2.24, 2.45) is 0 Å². The SMILES string of the molecule is C=C(C)CC(=O)c1cc(I)ccc1Br.